The molecule has 2 heterocycles. The Kier molecular flexibility index (Phi) is 4.74. The number of halogens is 1. The zero-order valence-corrected chi connectivity index (χ0v) is 16.9. The Hall–Kier alpha value is -1.88. The predicted octanol–water partition coefficient (Wildman–Crippen LogP) is 4.30. The van der Waals surface area contributed by atoms with Crippen LogP contribution in [0.3, 0.4) is 0 Å². The number of piperazine rings is 1. The first-order chi connectivity index (χ1) is 12.5. The number of amides is 1. The van der Waals surface area contributed by atoms with E-state index >= 15 is 0 Å². The first kappa shape index (κ1) is 17.5. The standard InChI is InChI=1S/C21H24BrN3O/c1-14-12-18(22)5-6-19(14)21(26)25-9-7-24(8-10-25)20-15(2)11-17(13-23-20)16-3-4-16/h5-6,11-13,16H,3-4,7-10H2,1-2H3. The van der Waals surface area contributed by atoms with E-state index in [1.807, 2.05) is 36.2 Å². The van der Waals surface area contributed by atoms with Crippen LogP contribution in [0.4, 0.5) is 5.82 Å². The minimum absolute atomic E-state index is 0.128. The summed E-state index contributed by atoms with van der Waals surface area (Å²) < 4.78 is 1.01. The quantitative estimate of drug-likeness (QED) is 0.752. The molecular formula is C21H24BrN3O. The third kappa shape index (κ3) is 3.50. The summed E-state index contributed by atoms with van der Waals surface area (Å²) >= 11 is 3.46. The average molecular weight is 414 g/mol. The van der Waals surface area contributed by atoms with E-state index in [0.717, 1.165) is 53.5 Å². The highest BCUT2D eigenvalue weighted by Gasteiger charge is 2.27. The van der Waals surface area contributed by atoms with Gasteiger partial charge in [0.1, 0.15) is 5.82 Å². The number of nitrogens with zero attached hydrogens (tertiary/aromatic N) is 3. The number of hydrogen-bond acceptors (Lipinski definition) is 3. The molecule has 0 bridgehead atoms. The predicted molar refractivity (Wildman–Crippen MR) is 108 cm³/mol. The van der Waals surface area contributed by atoms with Crippen molar-refractivity contribution in [3.05, 3.63) is 57.2 Å². The van der Waals surface area contributed by atoms with Gasteiger partial charge in [0, 0.05) is 42.4 Å². The van der Waals surface area contributed by atoms with Crippen LogP contribution in [0.1, 0.15) is 45.8 Å². The van der Waals surface area contributed by atoms with Gasteiger partial charge in [-0.3, -0.25) is 4.79 Å². The highest BCUT2D eigenvalue weighted by Crippen LogP contribution is 2.40. The van der Waals surface area contributed by atoms with E-state index in [0.29, 0.717) is 0 Å². The van der Waals surface area contributed by atoms with Crippen molar-refractivity contribution in [1.29, 1.82) is 0 Å². The highest BCUT2D eigenvalue weighted by atomic mass is 79.9. The van der Waals surface area contributed by atoms with Gasteiger partial charge >= 0.3 is 0 Å². The van der Waals surface area contributed by atoms with E-state index in [1.165, 1.54) is 24.0 Å². The molecule has 1 aromatic heterocycles. The van der Waals surface area contributed by atoms with E-state index in [4.69, 9.17) is 4.98 Å². The van der Waals surface area contributed by atoms with Crippen LogP contribution in [-0.4, -0.2) is 42.0 Å². The topological polar surface area (TPSA) is 36.4 Å². The molecule has 0 spiro atoms. The fourth-order valence-corrected chi connectivity index (χ4v) is 4.19. The van der Waals surface area contributed by atoms with E-state index in [-0.39, 0.29) is 5.91 Å². The van der Waals surface area contributed by atoms with Crippen LogP contribution in [0.5, 0.6) is 0 Å². The molecule has 1 aromatic carbocycles. The highest BCUT2D eigenvalue weighted by molar-refractivity contribution is 9.10. The van der Waals surface area contributed by atoms with E-state index < -0.39 is 0 Å². The molecular weight excluding hydrogens is 390 g/mol. The molecule has 1 aliphatic carbocycles. The maximum absolute atomic E-state index is 12.8. The largest absolute Gasteiger partial charge is 0.353 e. The van der Waals surface area contributed by atoms with Crippen molar-refractivity contribution in [2.45, 2.75) is 32.6 Å². The average Bonchev–Trinajstić information content (AvgIpc) is 3.46. The van der Waals surface area contributed by atoms with Crippen LogP contribution in [0.25, 0.3) is 0 Å². The maximum atomic E-state index is 12.8. The molecule has 2 aliphatic rings. The van der Waals surface area contributed by atoms with Crippen LogP contribution in [-0.2, 0) is 0 Å². The molecule has 4 rings (SSSR count). The van der Waals surface area contributed by atoms with Crippen LogP contribution in [0.2, 0.25) is 0 Å². The Balaban J connectivity index is 1.43. The molecule has 1 amide bonds. The second-order valence-electron chi connectivity index (χ2n) is 7.42. The van der Waals surface area contributed by atoms with Crippen LogP contribution in [0, 0.1) is 13.8 Å². The first-order valence-electron chi connectivity index (χ1n) is 9.30. The summed E-state index contributed by atoms with van der Waals surface area (Å²) in [6.07, 6.45) is 4.65. The summed E-state index contributed by atoms with van der Waals surface area (Å²) in [6, 6.07) is 8.14. The number of anilines is 1. The lowest BCUT2D eigenvalue weighted by molar-refractivity contribution is 0.0746. The molecule has 2 fully saturated rings. The normalized spacial score (nSPS) is 17.5. The second-order valence-corrected chi connectivity index (χ2v) is 8.34. The summed E-state index contributed by atoms with van der Waals surface area (Å²) in [6.45, 7) is 7.27. The molecule has 0 N–H and O–H groups in total. The third-order valence-corrected chi connectivity index (χ3v) is 5.90. The molecule has 5 heteroatoms. The number of benzene rings is 1. The lowest BCUT2D eigenvalue weighted by Crippen LogP contribution is -2.49. The van der Waals surface area contributed by atoms with Gasteiger partial charge in [-0.1, -0.05) is 22.0 Å². The smallest absolute Gasteiger partial charge is 0.254 e. The summed E-state index contributed by atoms with van der Waals surface area (Å²) in [5.74, 6) is 1.93. The Bertz CT molecular complexity index is 839. The van der Waals surface area contributed by atoms with Crippen molar-refractivity contribution in [3.8, 4) is 0 Å². The fourth-order valence-electron chi connectivity index (χ4n) is 3.72. The molecule has 0 unspecified atom stereocenters. The minimum Gasteiger partial charge on any atom is -0.353 e. The number of aryl methyl sites for hydroxylation is 2. The Labute approximate surface area is 163 Å². The SMILES string of the molecule is Cc1cc(Br)ccc1C(=O)N1CCN(c2ncc(C3CC3)cc2C)CC1. The van der Waals surface area contributed by atoms with Gasteiger partial charge in [0.2, 0.25) is 0 Å². The van der Waals surface area contributed by atoms with Crippen molar-refractivity contribution in [2.75, 3.05) is 31.1 Å². The zero-order valence-electron chi connectivity index (χ0n) is 15.3. The van der Waals surface area contributed by atoms with Crippen LogP contribution >= 0.6 is 15.9 Å². The number of hydrogen-bond donors (Lipinski definition) is 0. The summed E-state index contributed by atoms with van der Waals surface area (Å²) in [5, 5.41) is 0. The van der Waals surface area contributed by atoms with Gasteiger partial charge in [0.05, 0.1) is 0 Å². The van der Waals surface area contributed by atoms with Crippen LogP contribution < -0.4 is 4.90 Å². The Morgan fingerprint density at radius 1 is 1.08 bits per heavy atom. The van der Waals surface area contributed by atoms with Crippen molar-refractivity contribution in [1.82, 2.24) is 9.88 Å². The number of pyridine rings is 1. The van der Waals surface area contributed by atoms with E-state index in [1.54, 1.807) is 0 Å². The molecule has 26 heavy (non-hydrogen) atoms. The lowest BCUT2D eigenvalue weighted by atomic mass is 10.1. The monoisotopic (exact) mass is 413 g/mol. The van der Waals surface area contributed by atoms with Crippen molar-refractivity contribution in [3.63, 3.8) is 0 Å². The van der Waals surface area contributed by atoms with Gasteiger partial charge < -0.3 is 9.80 Å². The fraction of sp³-hybridized carbons (Fsp3) is 0.429. The number of carbonyl (C=O) groups excluding carboxylic acids is 1. The van der Waals surface area contributed by atoms with Crippen LogP contribution in [0.15, 0.2) is 34.9 Å². The van der Waals surface area contributed by atoms with E-state index in [2.05, 4.69) is 33.8 Å². The summed E-state index contributed by atoms with van der Waals surface area (Å²) in [5.41, 5.74) is 4.44. The van der Waals surface area contributed by atoms with Crippen molar-refractivity contribution >= 4 is 27.7 Å². The van der Waals surface area contributed by atoms with Gasteiger partial charge in [-0.15, -0.1) is 0 Å². The number of rotatable bonds is 3. The van der Waals surface area contributed by atoms with Crippen molar-refractivity contribution in [2.24, 2.45) is 0 Å². The molecule has 0 atom stereocenters. The Morgan fingerprint density at radius 2 is 1.81 bits per heavy atom. The molecule has 136 valence electrons. The lowest BCUT2D eigenvalue weighted by Gasteiger charge is -2.36. The maximum Gasteiger partial charge on any atom is 0.254 e. The van der Waals surface area contributed by atoms with Gasteiger partial charge in [0.25, 0.3) is 5.91 Å². The second kappa shape index (κ2) is 7.03. The van der Waals surface area contributed by atoms with E-state index in [9.17, 15) is 4.79 Å². The molecule has 4 nitrogen and oxygen atoms in total. The zero-order chi connectivity index (χ0) is 18.3. The minimum atomic E-state index is 0.128. The van der Waals surface area contributed by atoms with Gasteiger partial charge in [0.15, 0.2) is 0 Å². The summed E-state index contributed by atoms with van der Waals surface area (Å²) in [7, 11) is 0. The third-order valence-electron chi connectivity index (χ3n) is 5.41. The molecule has 1 saturated carbocycles. The summed E-state index contributed by atoms with van der Waals surface area (Å²) in [4.78, 5) is 21.8. The number of aromatic nitrogens is 1. The van der Waals surface area contributed by atoms with Crippen molar-refractivity contribution < 1.29 is 4.79 Å². The molecule has 2 aromatic rings. The number of carbonyl (C=O) groups is 1. The van der Waals surface area contributed by atoms with Gasteiger partial charge in [-0.05, 0) is 67.5 Å². The first-order valence-corrected chi connectivity index (χ1v) is 10.1. The molecule has 1 saturated heterocycles. The Morgan fingerprint density at radius 3 is 2.42 bits per heavy atom. The van der Waals surface area contributed by atoms with Gasteiger partial charge in [-0.2, -0.15) is 0 Å². The van der Waals surface area contributed by atoms with Gasteiger partial charge in [-0.25, -0.2) is 4.98 Å². The molecule has 1 aliphatic heterocycles. The molecule has 0 radical (unpaired) electrons.